The lowest BCUT2D eigenvalue weighted by molar-refractivity contribution is -0.121. The zero-order chi connectivity index (χ0) is 16.1. The summed E-state index contributed by atoms with van der Waals surface area (Å²) in [4.78, 5) is 14.8. The van der Waals surface area contributed by atoms with Crippen molar-refractivity contribution >= 4 is 5.91 Å². The number of carbonyl (C=O) groups excluding carboxylic acids is 1. The largest absolute Gasteiger partial charge is 0.355 e. The normalized spacial score (nSPS) is 24.4. The first-order valence-corrected chi connectivity index (χ1v) is 9.36. The van der Waals surface area contributed by atoms with E-state index in [-0.39, 0.29) is 5.91 Å². The van der Waals surface area contributed by atoms with Gasteiger partial charge in [0.15, 0.2) is 0 Å². The van der Waals surface area contributed by atoms with Crippen LogP contribution in [-0.2, 0) is 11.2 Å². The molecule has 1 amide bonds. The standard InChI is InChI=1S/C20H30N2O/c1-2-18-8-5-6-13-22(18)14-12-21-20(23)15-17-11-10-16-7-3-4-9-19(16)17/h3-4,7,9,17-18H,2,5-6,8,10-15H2,1H3,(H,21,23). The number of rotatable bonds is 6. The summed E-state index contributed by atoms with van der Waals surface area (Å²) in [5, 5.41) is 3.15. The van der Waals surface area contributed by atoms with Crippen molar-refractivity contribution < 1.29 is 4.79 Å². The van der Waals surface area contributed by atoms with Crippen molar-refractivity contribution in [2.24, 2.45) is 0 Å². The van der Waals surface area contributed by atoms with Crippen LogP contribution in [0.3, 0.4) is 0 Å². The maximum atomic E-state index is 12.3. The van der Waals surface area contributed by atoms with Gasteiger partial charge in [0.2, 0.25) is 5.91 Å². The van der Waals surface area contributed by atoms with Gasteiger partial charge in [0.1, 0.15) is 0 Å². The fraction of sp³-hybridized carbons (Fsp3) is 0.650. The van der Waals surface area contributed by atoms with E-state index in [0.717, 1.165) is 32.0 Å². The van der Waals surface area contributed by atoms with Crippen LogP contribution in [-0.4, -0.2) is 36.5 Å². The van der Waals surface area contributed by atoms with Crippen molar-refractivity contribution in [1.82, 2.24) is 10.2 Å². The summed E-state index contributed by atoms with van der Waals surface area (Å²) < 4.78 is 0. The molecule has 1 aromatic carbocycles. The van der Waals surface area contributed by atoms with Gasteiger partial charge in [-0.2, -0.15) is 0 Å². The van der Waals surface area contributed by atoms with Crippen LogP contribution >= 0.6 is 0 Å². The van der Waals surface area contributed by atoms with Crippen LogP contribution in [0.2, 0.25) is 0 Å². The fourth-order valence-corrected chi connectivity index (χ4v) is 4.31. The first kappa shape index (κ1) is 16.5. The van der Waals surface area contributed by atoms with Crippen LogP contribution in [0.1, 0.15) is 62.5 Å². The van der Waals surface area contributed by atoms with Gasteiger partial charge in [0, 0.05) is 25.6 Å². The van der Waals surface area contributed by atoms with E-state index in [2.05, 4.69) is 41.4 Å². The van der Waals surface area contributed by atoms with Crippen molar-refractivity contribution in [3.63, 3.8) is 0 Å². The molecular weight excluding hydrogens is 284 g/mol. The molecule has 0 bridgehead atoms. The van der Waals surface area contributed by atoms with E-state index in [1.165, 1.54) is 43.4 Å². The number of likely N-dealkylation sites (tertiary alicyclic amines) is 1. The van der Waals surface area contributed by atoms with Gasteiger partial charge in [0.05, 0.1) is 0 Å². The molecule has 3 nitrogen and oxygen atoms in total. The highest BCUT2D eigenvalue weighted by Gasteiger charge is 2.24. The van der Waals surface area contributed by atoms with Crippen molar-refractivity contribution in [3.8, 4) is 0 Å². The molecule has 0 aromatic heterocycles. The van der Waals surface area contributed by atoms with E-state index in [4.69, 9.17) is 0 Å². The Kier molecular flexibility index (Phi) is 5.71. The molecule has 2 atom stereocenters. The zero-order valence-corrected chi connectivity index (χ0v) is 14.4. The number of carbonyl (C=O) groups is 1. The Bertz CT molecular complexity index is 528. The highest BCUT2D eigenvalue weighted by Crippen LogP contribution is 2.35. The molecule has 3 heteroatoms. The molecule has 0 radical (unpaired) electrons. The molecule has 1 N–H and O–H groups in total. The molecule has 1 aliphatic carbocycles. The highest BCUT2D eigenvalue weighted by atomic mass is 16.1. The minimum atomic E-state index is 0.219. The van der Waals surface area contributed by atoms with Crippen LogP contribution in [0.15, 0.2) is 24.3 Å². The Labute approximate surface area is 140 Å². The summed E-state index contributed by atoms with van der Waals surface area (Å²) in [6.45, 7) is 5.28. The van der Waals surface area contributed by atoms with Crippen LogP contribution < -0.4 is 5.32 Å². The number of hydrogen-bond donors (Lipinski definition) is 1. The predicted molar refractivity (Wildman–Crippen MR) is 94.6 cm³/mol. The third-order valence-corrected chi connectivity index (χ3v) is 5.63. The molecule has 0 spiro atoms. The first-order chi connectivity index (χ1) is 11.3. The summed E-state index contributed by atoms with van der Waals surface area (Å²) in [6.07, 6.45) is 8.12. The van der Waals surface area contributed by atoms with Gasteiger partial charge in [0.25, 0.3) is 0 Å². The third-order valence-electron chi connectivity index (χ3n) is 5.63. The minimum absolute atomic E-state index is 0.219. The second-order valence-corrected chi connectivity index (χ2v) is 7.08. The second kappa shape index (κ2) is 7.96. The van der Waals surface area contributed by atoms with Crippen LogP contribution in [0.25, 0.3) is 0 Å². The van der Waals surface area contributed by atoms with E-state index in [1.54, 1.807) is 0 Å². The third kappa shape index (κ3) is 4.14. The average molecular weight is 314 g/mol. The van der Waals surface area contributed by atoms with E-state index in [9.17, 15) is 4.79 Å². The summed E-state index contributed by atoms with van der Waals surface area (Å²) in [5.41, 5.74) is 2.83. The molecule has 2 aliphatic rings. The van der Waals surface area contributed by atoms with Crippen LogP contribution in [0, 0.1) is 0 Å². The number of benzene rings is 1. The highest BCUT2D eigenvalue weighted by molar-refractivity contribution is 5.77. The van der Waals surface area contributed by atoms with Gasteiger partial charge in [-0.3, -0.25) is 9.69 Å². The molecule has 1 saturated heterocycles. The maximum Gasteiger partial charge on any atom is 0.220 e. The Morgan fingerprint density at radius 3 is 3.00 bits per heavy atom. The lowest BCUT2D eigenvalue weighted by Crippen LogP contribution is -2.43. The Morgan fingerprint density at radius 2 is 2.13 bits per heavy atom. The van der Waals surface area contributed by atoms with Crippen molar-refractivity contribution in [2.75, 3.05) is 19.6 Å². The molecule has 23 heavy (non-hydrogen) atoms. The quantitative estimate of drug-likeness (QED) is 0.872. The maximum absolute atomic E-state index is 12.3. The van der Waals surface area contributed by atoms with E-state index >= 15 is 0 Å². The van der Waals surface area contributed by atoms with Crippen molar-refractivity contribution in [3.05, 3.63) is 35.4 Å². The second-order valence-electron chi connectivity index (χ2n) is 7.08. The van der Waals surface area contributed by atoms with Gasteiger partial charge < -0.3 is 5.32 Å². The molecule has 1 aromatic rings. The summed E-state index contributed by atoms with van der Waals surface area (Å²) in [6, 6.07) is 9.32. The number of amides is 1. The molecule has 0 saturated carbocycles. The molecule has 126 valence electrons. The van der Waals surface area contributed by atoms with Gasteiger partial charge in [-0.05, 0) is 55.7 Å². The summed E-state index contributed by atoms with van der Waals surface area (Å²) in [5.74, 6) is 0.640. The molecular formula is C20H30N2O. The monoisotopic (exact) mass is 314 g/mol. The Morgan fingerprint density at radius 1 is 1.26 bits per heavy atom. The number of nitrogens with one attached hydrogen (secondary N) is 1. The van der Waals surface area contributed by atoms with E-state index in [0.29, 0.717) is 12.3 Å². The minimum Gasteiger partial charge on any atom is -0.355 e. The number of hydrogen-bond acceptors (Lipinski definition) is 2. The van der Waals surface area contributed by atoms with Crippen molar-refractivity contribution in [1.29, 1.82) is 0 Å². The van der Waals surface area contributed by atoms with Gasteiger partial charge >= 0.3 is 0 Å². The molecule has 1 aliphatic heterocycles. The van der Waals surface area contributed by atoms with Crippen molar-refractivity contribution in [2.45, 2.75) is 63.8 Å². The number of aryl methyl sites for hydroxylation is 1. The first-order valence-electron chi connectivity index (χ1n) is 9.36. The van der Waals surface area contributed by atoms with Crippen LogP contribution in [0.5, 0.6) is 0 Å². The average Bonchev–Trinajstić information content (AvgIpc) is 2.98. The SMILES string of the molecule is CCC1CCCCN1CCNC(=O)CC1CCc2ccccc21. The smallest absolute Gasteiger partial charge is 0.220 e. The van der Waals surface area contributed by atoms with Gasteiger partial charge in [-0.15, -0.1) is 0 Å². The topological polar surface area (TPSA) is 32.3 Å². The Balaban J connectivity index is 1.42. The zero-order valence-electron chi connectivity index (χ0n) is 14.4. The van der Waals surface area contributed by atoms with Gasteiger partial charge in [-0.1, -0.05) is 37.6 Å². The predicted octanol–water partition coefficient (Wildman–Crippen LogP) is 3.49. The number of piperidine rings is 1. The summed E-state index contributed by atoms with van der Waals surface area (Å²) in [7, 11) is 0. The summed E-state index contributed by atoms with van der Waals surface area (Å²) >= 11 is 0. The Hall–Kier alpha value is -1.35. The molecule has 1 heterocycles. The van der Waals surface area contributed by atoms with E-state index in [1.807, 2.05) is 0 Å². The molecule has 3 rings (SSSR count). The number of fused-ring (bicyclic) bond motifs is 1. The number of nitrogens with zero attached hydrogens (tertiary/aromatic N) is 1. The lowest BCUT2D eigenvalue weighted by atomic mass is 9.97. The molecule has 1 fully saturated rings. The molecule has 2 unspecified atom stereocenters. The van der Waals surface area contributed by atoms with E-state index < -0.39 is 0 Å². The van der Waals surface area contributed by atoms with Gasteiger partial charge in [-0.25, -0.2) is 0 Å². The lowest BCUT2D eigenvalue weighted by Gasteiger charge is -2.35. The van der Waals surface area contributed by atoms with Crippen LogP contribution in [0.4, 0.5) is 0 Å². The fourth-order valence-electron chi connectivity index (χ4n) is 4.31.